The van der Waals surface area contributed by atoms with Gasteiger partial charge in [0.25, 0.3) is 0 Å². The number of carbonyl (C=O) groups is 2. The molecule has 18 heavy (non-hydrogen) atoms. The van der Waals surface area contributed by atoms with Crippen molar-refractivity contribution in [3.8, 4) is 5.75 Å². The molecule has 0 aliphatic heterocycles. The third kappa shape index (κ3) is 5.62. The number of para-hydroxylation sites is 1. The van der Waals surface area contributed by atoms with Crippen molar-refractivity contribution in [1.29, 1.82) is 0 Å². The lowest BCUT2D eigenvalue weighted by Gasteiger charge is -2.16. The van der Waals surface area contributed by atoms with E-state index in [4.69, 9.17) is 4.74 Å². The van der Waals surface area contributed by atoms with Gasteiger partial charge in [0, 0.05) is 6.42 Å². The van der Waals surface area contributed by atoms with E-state index in [2.05, 4.69) is 0 Å². The zero-order valence-electron chi connectivity index (χ0n) is 11.0. The Morgan fingerprint density at radius 3 is 2.33 bits per heavy atom. The van der Waals surface area contributed by atoms with Crippen LogP contribution in [0.5, 0.6) is 5.75 Å². The Bertz CT molecular complexity index is 384. The van der Waals surface area contributed by atoms with Crippen LogP contribution in [0.1, 0.15) is 39.5 Å². The lowest BCUT2D eigenvalue weighted by molar-refractivity contribution is -0.123. The van der Waals surface area contributed by atoms with Gasteiger partial charge >= 0.3 is 0 Å². The zero-order valence-corrected chi connectivity index (χ0v) is 11.0. The fourth-order valence-corrected chi connectivity index (χ4v) is 1.71. The van der Waals surface area contributed by atoms with Gasteiger partial charge < -0.3 is 9.53 Å². The van der Waals surface area contributed by atoms with Crippen molar-refractivity contribution in [2.45, 2.75) is 45.6 Å². The van der Waals surface area contributed by atoms with Gasteiger partial charge in [0.15, 0.2) is 11.9 Å². The van der Waals surface area contributed by atoms with Gasteiger partial charge in [0.2, 0.25) is 0 Å². The highest BCUT2D eigenvalue weighted by Crippen LogP contribution is 2.15. The maximum atomic E-state index is 11.5. The van der Waals surface area contributed by atoms with Crippen LogP contribution in [0, 0.1) is 0 Å². The smallest absolute Gasteiger partial charge is 0.170 e. The summed E-state index contributed by atoms with van der Waals surface area (Å²) in [6.45, 7) is 3.13. The molecule has 1 aromatic carbocycles. The van der Waals surface area contributed by atoms with E-state index < -0.39 is 6.10 Å². The minimum Gasteiger partial charge on any atom is -0.483 e. The molecular weight excluding hydrogens is 228 g/mol. The summed E-state index contributed by atoms with van der Waals surface area (Å²) in [7, 11) is 0. The quantitative estimate of drug-likeness (QED) is 0.664. The average Bonchev–Trinajstić information content (AvgIpc) is 2.33. The normalized spacial score (nSPS) is 11.9. The van der Waals surface area contributed by atoms with Crippen LogP contribution in [0.25, 0.3) is 0 Å². The molecule has 0 bridgehead atoms. The van der Waals surface area contributed by atoms with Gasteiger partial charge in [-0.05, 0) is 45.2 Å². The van der Waals surface area contributed by atoms with Crippen LogP contribution in [-0.4, -0.2) is 17.7 Å². The van der Waals surface area contributed by atoms with Crippen LogP contribution < -0.4 is 4.74 Å². The molecule has 0 heterocycles. The van der Waals surface area contributed by atoms with Gasteiger partial charge in [-0.15, -0.1) is 0 Å². The summed E-state index contributed by atoms with van der Waals surface area (Å²) in [5.41, 5.74) is 0. The van der Waals surface area contributed by atoms with Crippen molar-refractivity contribution >= 4 is 11.6 Å². The number of hydrogen-bond acceptors (Lipinski definition) is 3. The number of Topliss-reactive ketones (excluding diaryl/α,β-unsaturated/α-hetero) is 2. The molecule has 3 heteroatoms. The number of ether oxygens (including phenoxy) is 1. The summed E-state index contributed by atoms with van der Waals surface area (Å²) < 4.78 is 5.65. The molecule has 0 N–H and O–H groups in total. The first-order valence-corrected chi connectivity index (χ1v) is 6.31. The summed E-state index contributed by atoms with van der Waals surface area (Å²) >= 11 is 0. The Balaban J connectivity index is 2.41. The molecular formula is C15H20O3. The first-order valence-electron chi connectivity index (χ1n) is 6.31. The van der Waals surface area contributed by atoms with E-state index in [-0.39, 0.29) is 11.6 Å². The Morgan fingerprint density at radius 2 is 1.78 bits per heavy atom. The zero-order chi connectivity index (χ0) is 13.4. The molecule has 0 aliphatic carbocycles. The van der Waals surface area contributed by atoms with Crippen molar-refractivity contribution in [3.05, 3.63) is 30.3 Å². The summed E-state index contributed by atoms with van der Waals surface area (Å²) in [6, 6.07) is 9.34. The van der Waals surface area contributed by atoms with E-state index in [0.29, 0.717) is 18.6 Å². The first kappa shape index (κ1) is 14.4. The molecule has 98 valence electrons. The lowest BCUT2D eigenvalue weighted by Crippen LogP contribution is -2.25. The van der Waals surface area contributed by atoms with Crippen LogP contribution in [0.3, 0.4) is 0 Å². The molecule has 1 atom stereocenters. The molecule has 1 rings (SSSR count). The van der Waals surface area contributed by atoms with Crippen molar-refractivity contribution in [1.82, 2.24) is 0 Å². The highest BCUT2D eigenvalue weighted by Gasteiger charge is 2.15. The van der Waals surface area contributed by atoms with Crippen molar-refractivity contribution < 1.29 is 14.3 Å². The topological polar surface area (TPSA) is 43.4 Å². The third-order valence-electron chi connectivity index (χ3n) is 2.72. The predicted octanol–water partition coefficient (Wildman–Crippen LogP) is 3.17. The number of benzene rings is 1. The van der Waals surface area contributed by atoms with Crippen LogP contribution in [-0.2, 0) is 9.59 Å². The van der Waals surface area contributed by atoms with Gasteiger partial charge in [-0.1, -0.05) is 18.2 Å². The molecule has 3 nitrogen and oxygen atoms in total. The third-order valence-corrected chi connectivity index (χ3v) is 2.72. The molecule has 0 aliphatic rings. The van der Waals surface area contributed by atoms with E-state index in [9.17, 15) is 9.59 Å². The molecule has 0 aromatic heterocycles. The van der Waals surface area contributed by atoms with E-state index in [1.54, 1.807) is 13.8 Å². The molecule has 0 saturated carbocycles. The van der Waals surface area contributed by atoms with Crippen LogP contribution >= 0.6 is 0 Å². The molecule has 1 aromatic rings. The molecule has 1 unspecified atom stereocenters. The van der Waals surface area contributed by atoms with E-state index in [0.717, 1.165) is 12.8 Å². The largest absolute Gasteiger partial charge is 0.483 e. The minimum atomic E-state index is -0.403. The van der Waals surface area contributed by atoms with Crippen LogP contribution in [0.15, 0.2) is 30.3 Å². The molecule has 0 amide bonds. The highest BCUT2D eigenvalue weighted by atomic mass is 16.5. The van der Waals surface area contributed by atoms with E-state index >= 15 is 0 Å². The summed E-state index contributed by atoms with van der Waals surface area (Å²) in [4.78, 5) is 22.3. The minimum absolute atomic E-state index is 0.0293. The number of unbranched alkanes of at least 4 members (excludes halogenated alkanes) is 1. The van der Waals surface area contributed by atoms with Crippen LogP contribution in [0.4, 0.5) is 0 Å². The molecule has 0 fully saturated rings. The van der Waals surface area contributed by atoms with Gasteiger partial charge in [0.05, 0.1) is 0 Å². The average molecular weight is 248 g/mol. The maximum Gasteiger partial charge on any atom is 0.170 e. The summed E-state index contributed by atoms with van der Waals surface area (Å²) in [5, 5.41) is 0. The Labute approximate surface area is 108 Å². The second-order valence-electron chi connectivity index (χ2n) is 4.48. The fraction of sp³-hybridized carbons (Fsp3) is 0.467. The maximum absolute atomic E-state index is 11.5. The first-order chi connectivity index (χ1) is 8.59. The highest BCUT2D eigenvalue weighted by molar-refractivity contribution is 5.80. The molecule has 0 saturated heterocycles. The number of ketones is 2. The predicted molar refractivity (Wildman–Crippen MR) is 70.7 cm³/mol. The Kier molecular flexibility index (Phi) is 6.12. The second-order valence-corrected chi connectivity index (χ2v) is 4.48. The standard InChI is InChI=1S/C15H20O3/c1-12(16)8-6-7-11-15(13(2)17)18-14-9-4-3-5-10-14/h3-5,9-10,15H,6-8,11H2,1-2H3. The second kappa shape index (κ2) is 7.64. The molecule has 0 spiro atoms. The van der Waals surface area contributed by atoms with Gasteiger partial charge in [0.1, 0.15) is 11.5 Å². The summed E-state index contributed by atoms with van der Waals surface area (Å²) in [6.07, 6.45) is 2.49. The Hall–Kier alpha value is -1.64. The number of carbonyl (C=O) groups excluding carboxylic acids is 2. The van der Waals surface area contributed by atoms with Gasteiger partial charge in [-0.2, -0.15) is 0 Å². The van der Waals surface area contributed by atoms with Crippen LogP contribution in [0.2, 0.25) is 0 Å². The summed E-state index contributed by atoms with van der Waals surface area (Å²) in [5.74, 6) is 0.935. The SMILES string of the molecule is CC(=O)CCCCC(Oc1ccccc1)C(C)=O. The number of hydrogen-bond donors (Lipinski definition) is 0. The van der Waals surface area contributed by atoms with Gasteiger partial charge in [-0.3, -0.25) is 4.79 Å². The lowest BCUT2D eigenvalue weighted by atomic mass is 10.1. The number of rotatable bonds is 8. The van der Waals surface area contributed by atoms with E-state index in [1.807, 2.05) is 30.3 Å². The Morgan fingerprint density at radius 1 is 1.11 bits per heavy atom. The van der Waals surface area contributed by atoms with Crippen molar-refractivity contribution in [2.24, 2.45) is 0 Å². The molecule has 0 radical (unpaired) electrons. The monoisotopic (exact) mass is 248 g/mol. The van der Waals surface area contributed by atoms with E-state index in [1.165, 1.54) is 0 Å². The van der Waals surface area contributed by atoms with Crippen molar-refractivity contribution in [2.75, 3.05) is 0 Å². The van der Waals surface area contributed by atoms with Gasteiger partial charge in [-0.25, -0.2) is 0 Å². The van der Waals surface area contributed by atoms with Crippen molar-refractivity contribution in [3.63, 3.8) is 0 Å². The fourth-order valence-electron chi connectivity index (χ4n) is 1.71.